The van der Waals surface area contributed by atoms with E-state index in [1.54, 1.807) is 0 Å². The monoisotopic (exact) mass is 340 g/mol. The predicted molar refractivity (Wildman–Crippen MR) is 97.6 cm³/mol. The van der Waals surface area contributed by atoms with Gasteiger partial charge in [-0.2, -0.15) is 0 Å². The molecule has 2 aromatic carbocycles. The molecule has 0 aromatic heterocycles. The fraction of sp³-hybridized carbons (Fsp3) is 0.222. The quantitative estimate of drug-likeness (QED) is 0.506. The van der Waals surface area contributed by atoms with E-state index in [9.17, 15) is 19.6 Å². The molecule has 0 bridgehead atoms. The fourth-order valence-electron chi connectivity index (χ4n) is 2.64. The van der Waals surface area contributed by atoms with Crippen LogP contribution in [0.1, 0.15) is 5.56 Å². The number of carbonyl (C=O) groups excluding carboxylic acids is 2. The van der Waals surface area contributed by atoms with Gasteiger partial charge in [-0.05, 0) is 28.8 Å². The van der Waals surface area contributed by atoms with E-state index in [0.29, 0.717) is 0 Å². The Morgan fingerprint density at radius 1 is 1.24 bits per heavy atom. The lowest BCUT2D eigenvalue weighted by molar-refractivity contribution is -0.131. The first-order valence-electron chi connectivity index (χ1n) is 7.92. The van der Waals surface area contributed by atoms with Crippen LogP contribution in [0.4, 0.5) is 0 Å². The van der Waals surface area contributed by atoms with E-state index in [2.05, 4.69) is 11.9 Å². The predicted octanol–water partition coefficient (Wildman–Crippen LogP) is 0.523. The number of nitrogens with zero attached hydrogens (tertiary/aromatic N) is 1. The summed E-state index contributed by atoms with van der Waals surface area (Å²) >= 11 is 0. The van der Waals surface area contributed by atoms with Crippen molar-refractivity contribution in [3.8, 4) is 0 Å². The van der Waals surface area contributed by atoms with Gasteiger partial charge in [0.15, 0.2) is 0 Å². The lowest BCUT2D eigenvalue weighted by Crippen LogP contribution is -2.50. The van der Waals surface area contributed by atoms with Gasteiger partial charge in [0.1, 0.15) is 0 Å². The Morgan fingerprint density at radius 2 is 1.92 bits per heavy atom. The molecule has 3 N–H and O–H groups in total. The molecule has 0 spiro atoms. The molecule has 7 heteroatoms. The van der Waals surface area contributed by atoms with Crippen molar-refractivity contribution < 1.29 is 19.6 Å². The van der Waals surface area contributed by atoms with Crippen LogP contribution in [0.15, 0.2) is 55.1 Å². The third kappa shape index (κ3) is 4.92. The largest absolute Gasteiger partial charge is 0.475 e. The van der Waals surface area contributed by atoms with Gasteiger partial charge in [-0.1, -0.05) is 49.0 Å². The molecule has 2 aromatic rings. The number of hydrogen-bond donors (Lipinski definition) is 3. The summed E-state index contributed by atoms with van der Waals surface area (Å²) in [6.45, 7) is 3.17. The molecule has 0 saturated heterocycles. The molecule has 0 fully saturated rings. The third-order valence-corrected chi connectivity index (χ3v) is 3.96. The molecule has 1 atom stereocenters. The van der Waals surface area contributed by atoms with Crippen LogP contribution in [0, 0.1) is 0 Å². The van der Waals surface area contributed by atoms with Crippen molar-refractivity contribution in [2.45, 2.75) is 12.4 Å². The van der Waals surface area contributed by atoms with Crippen molar-refractivity contribution in [1.29, 1.82) is 0 Å². The van der Waals surface area contributed by atoms with Gasteiger partial charge in [-0.25, -0.2) is 0 Å². The van der Waals surface area contributed by atoms with Gasteiger partial charge >= 0.3 is 7.12 Å². The average Bonchev–Trinajstić information content (AvgIpc) is 2.60. The summed E-state index contributed by atoms with van der Waals surface area (Å²) < 4.78 is 0. The maximum Gasteiger partial charge on any atom is 0.475 e. The second-order valence-corrected chi connectivity index (χ2v) is 5.83. The van der Waals surface area contributed by atoms with Crippen LogP contribution in [0.25, 0.3) is 10.8 Å². The van der Waals surface area contributed by atoms with Crippen LogP contribution in [0.5, 0.6) is 0 Å². The zero-order chi connectivity index (χ0) is 18.4. The van der Waals surface area contributed by atoms with Gasteiger partial charge in [0.2, 0.25) is 11.8 Å². The van der Waals surface area contributed by atoms with Crippen molar-refractivity contribution in [2.75, 3.05) is 13.6 Å². The minimum absolute atomic E-state index is 0.191. The summed E-state index contributed by atoms with van der Waals surface area (Å²) in [6, 6.07) is 13.5. The van der Waals surface area contributed by atoms with Crippen LogP contribution >= 0.6 is 0 Å². The van der Waals surface area contributed by atoms with Gasteiger partial charge in [0, 0.05) is 7.05 Å². The molecule has 0 aliphatic rings. The number of rotatable bonds is 7. The van der Waals surface area contributed by atoms with E-state index in [1.807, 2.05) is 42.5 Å². The van der Waals surface area contributed by atoms with Crippen LogP contribution in [0.3, 0.4) is 0 Å². The first-order chi connectivity index (χ1) is 11.9. The van der Waals surface area contributed by atoms with Gasteiger partial charge in [-0.15, -0.1) is 0 Å². The number of likely N-dealkylation sites (N-methyl/N-ethyl adjacent to an activating group) is 1. The minimum Gasteiger partial charge on any atom is -0.426 e. The summed E-state index contributed by atoms with van der Waals surface area (Å²) in [4.78, 5) is 24.7. The van der Waals surface area contributed by atoms with E-state index in [1.165, 1.54) is 11.9 Å². The highest BCUT2D eigenvalue weighted by atomic mass is 16.4. The molecule has 25 heavy (non-hydrogen) atoms. The number of nitrogens with one attached hydrogen (secondary N) is 1. The lowest BCUT2D eigenvalue weighted by Gasteiger charge is -2.21. The van der Waals surface area contributed by atoms with Gasteiger partial charge in [0.05, 0.1) is 12.5 Å². The first kappa shape index (κ1) is 18.7. The summed E-state index contributed by atoms with van der Waals surface area (Å²) in [5, 5.41) is 23.9. The molecule has 130 valence electrons. The highest BCUT2D eigenvalue weighted by Gasteiger charge is 2.26. The van der Waals surface area contributed by atoms with Crippen LogP contribution in [-0.4, -0.2) is 53.4 Å². The second kappa shape index (κ2) is 8.46. The molecule has 0 aliphatic heterocycles. The van der Waals surface area contributed by atoms with E-state index in [-0.39, 0.29) is 18.9 Å². The molecule has 0 unspecified atom stereocenters. The normalized spacial score (nSPS) is 11.6. The molecular formula is C18H21BN2O4. The molecule has 0 radical (unpaired) electrons. The number of amides is 2. The minimum atomic E-state index is -1.72. The Morgan fingerprint density at radius 3 is 2.60 bits per heavy atom. The Kier molecular flexibility index (Phi) is 6.33. The van der Waals surface area contributed by atoms with Crippen LogP contribution < -0.4 is 5.32 Å². The average molecular weight is 340 g/mol. The Bertz CT molecular complexity index is 773. The SMILES string of the molecule is C=CC(=O)N(C)CC(=O)N[C@@H](Cc1cccc2ccccc12)B(O)O. The fourth-order valence-corrected chi connectivity index (χ4v) is 2.64. The second-order valence-electron chi connectivity index (χ2n) is 5.83. The highest BCUT2D eigenvalue weighted by molar-refractivity contribution is 6.43. The van der Waals surface area contributed by atoms with E-state index >= 15 is 0 Å². The third-order valence-electron chi connectivity index (χ3n) is 3.96. The topological polar surface area (TPSA) is 89.9 Å². The zero-order valence-electron chi connectivity index (χ0n) is 14.1. The van der Waals surface area contributed by atoms with Gasteiger partial charge < -0.3 is 20.3 Å². The molecule has 2 amide bonds. The molecule has 0 heterocycles. The van der Waals surface area contributed by atoms with Gasteiger partial charge in [0.25, 0.3) is 0 Å². The number of carbonyl (C=O) groups is 2. The molecule has 0 aliphatic carbocycles. The number of benzene rings is 2. The van der Waals surface area contributed by atoms with Crippen LogP contribution in [0.2, 0.25) is 0 Å². The van der Waals surface area contributed by atoms with Gasteiger partial charge in [-0.3, -0.25) is 9.59 Å². The summed E-state index contributed by atoms with van der Waals surface area (Å²) in [5.41, 5.74) is 0.895. The van der Waals surface area contributed by atoms with E-state index < -0.39 is 19.0 Å². The van der Waals surface area contributed by atoms with Crippen molar-refractivity contribution in [2.24, 2.45) is 0 Å². The molecule has 2 rings (SSSR count). The smallest absolute Gasteiger partial charge is 0.426 e. The maximum absolute atomic E-state index is 12.1. The Balaban J connectivity index is 2.11. The summed E-state index contributed by atoms with van der Waals surface area (Å²) in [6.07, 6.45) is 1.37. The van der Waals surface area contributed by atoms with Crippen molar-refractivity contribution in [1.82, 2.24) is 10.2 Å². The molecule has 6 nitrogen and oxygen atoms in total. The zero-order valence-corrected chi connectivity index (χ0v) is 14.1. The van der Waals surface area contributed by atoms with Crippen LogP contribution in [-0.2, 0) is 16.0 Å². The summed E-state index contributed by atoms with van der Waals surface area (Å²) in [7, 11) is -0.248. The number of fused-ring (bicyclic) bond motifs is 1. The highest BCUT2D eigenvalue weighted by Crippen LogP contribution is 2.20. The standard InChI is InChI=1S/C18H21BN2O4/c1-3-18(23)21(2)12-17(22)20-16(19(24)25)11-14-9-6-8-13-7-4-5-10-15(13)14/h3-10,16,24-25H,1,11-12H2,2H3,(H,20,22)/t16-/m0/s1. The Labute approximate surface area is 146 Å². The van der Waals surface area contributed by atoms with Crippen molar-refractivity contribution in [3.05, 3.63) is 60.7 Å². The molecular weight excluding hydrogens is 319 g/mol. The summed E-state index contributed by atoms with van der Waals surface area (Å²) in [5.74, 6) is -1.74. The van der Waals surface area contributed by atoms with Crippen molar-refractivity contribution in [3.63, 3.8) is 0 Å². The van der Waals surface area contributed by atoms with Crippen molar-refractivity contribution >= 4 is 29.7 Å². The van der Waals surface area contributed by atoms with E-state index in [4.69, 9.17) is 0 Å². The van der Waals surface area contributed by atoms with E-state index in [0.717, 1.165) is 22.4 Å². The Hall–Kier alpha value is -2.64. The number of hydrogen-bond acceptors (Lipinski definition) is 4. The molecule has 0 saturated carbocycles. The maximum atomic E-state index is 12.1. The lowest BCUT2D eigenvalue weighted by atomic mass is 9.75. The first-order valence-corrected chi connectivity index (χ1v) is 7.92.